The van der Waals surface area contributed by atoms with Gasteiger partial charge < -0.3 is 0 Å². The zero-order chi connectivity index (χ0) is 4.24. The van der Waals surface area contributed by atoms with E-state index < -0.39 is 0 Å². The van der Waals surface area contributed by atoms with Crippen molar-refractivity contribution in [3.63, 3.8) is 0 Å². The zero-order valence-electron chi connectivity index (χ0n) is 3.03. The van der Waals surface area contributed by atoms with Crippen LogP contribution in [-0.2, 0) is 0 Å². The van der Waals surface area contributed by atoms with E-state index in [-0.39, 0.29) is 0 Å². The van der Waals surface area contributed by atoms with Crippen LogP contribution in [0.2, 0.25) is 0 Å². The van der Waals surface area contributed by atoms with Crippen molar-refractivity contribution in [2.24, 2.45) is 4.99 Å². The fraction of sp³-hybridized carbons (Fsp3) is 0. The Bertz CT molecular complexity index is 74.8. The average Bonchev–Trinajstić information content (AvgIpc) is 1.72. The van der Waals surface area contributed by atoms with Crippen LogP contribution in [-0.4, -0.2) is 6.34 Å². The SMILES string of the molecule is C1=CS[N]C=N1. The molecule has 0 unspecified atom stereocenters. The second kappa shape index (κ2) is 1.87. The molecule has 0 aromatic rings. The summed E-state index contributed by atoms with van der Waals surface area (Å²) in [5, 5.41) is 1.82. The number of nitrogens with zero attached hydrogens (tertiary/aromatic N) is 2. The van der Waals surface area contributed by atoms with Crippen molar-refractivity contribution in [1.82, 2.24) is 4.72 Å². The van der Waals surface area contributed by atoms with Crippen LogP contribution in [0.3, 0.4) is 0 Å². The summed E-state index contributed by atoms with van der Waals surface area (Å²) < 4.78 is 3.72. The number of rotatable bonds is 0. The van der Waals surface area contributed by atoms with E-state index in [1.165, 1.54) is 18.3 Å². The molecule has 0 saturated carbocycles. The molecule has 0 aromatic carbocycles. The lowest BCUT2D eigenvalue weighted by Gasteiger charge is -1.87. The zero-order valence-corrected chi connectivity index (χ0v) is 3.85. The summed E-state index contributed by atoms with van der Waals surface area (Å²) in [4.78, 5) is 3.68. The highest BCUT2D eigenvalue weighted by molar-refractivity contribution is 8.00. The first-order chi connectivity index (χ1) is 3.00. The quantitative estimate of drug-likeness (QED) is 0.411. The third-order valence-corrected chi connectivity index (χ3v) is 0.842. The number of aliphatic imine (C=N–C) groups is 1. The first-order valence-electron chi connectivity index (χ1n) is 1.53. The first kappa shape index (κ1) is 3.74. The molecule has 1 aliphatic heterocycles. The summed E-state index contributed by atoms with van der Waals surface area (Å²) in [6.07, 6.45) is 3.22. The molecular weight excluding hydrogens is 96.1 g/mol. The van der Waals surface area contributed by atoms with Crippen molar-refractivity contribution in [1.29, 1.82) is 0 Å². The lowest BCUT2D eigenvalue weighted by atomic mass is 11.0. The predicted molar refractivity (Wildman–Crippen MR) is 27.4 cm³/mol. The predicted octanol–water partition coefficient (Wildman–Crippen LogP) is 0.752. The molecule has 6 heavy (non-hydrogen) atoms. The Kier molecular flexibility index (Phi) is 1.17. The highest BCUT2D eigenvalue weighted by Crippen LogP contribution is 1.98. The summed E-state index contributed by atoms with van der Waals surface area (Å²) in [5.41, 5.74) is 0. The highest BCUT2D eigenvalue weighted by atomic mass is 32.2. The van der Waals surface area contributed by atoms with Gasteiger partial charge in [-0.15, -0.1) is 0 Å². The van der Waals surface area contributed by atoms with Gasteiger partial charge in [0.1, 0.15) is 6.34 Å². The van der Waals surface area contributed by atoms with E-state index in [0.717, 1.165) is 0 Å². The molecule has 0 N–H and O–H groups in total. The molecule has 0 amide bonds. The molecule has 31 valence electrons. The van der Waals surface area contributed by atoms with Crippen molar-refractivity contribution in [3.8, 4) is 0 Å². The van der Waals surface area contributed by atoms with Gasteiger partial charge in [0, 0.05) is 23.6 Å². The van der Waals surface area contributed by atoms with Gasteiger partial charge in [0.2, 0.25) is 0 Å². The Labute approximate surface area is 40.5 Å². The van der Waals surface area contributed by atoms with Crippen LogP contribution in [0.15, 0.2) is 16.6 Å². The molecule has 1 heterocycles. The van der Waals surface area contributed by atoms with Gasteiger partial charge >= 0.3 is 0 Å². The fourth-order valence-electron chi connectivity index (χ4n) is 0.190. The minimum absolute atomic E-state index is 1.39. The van der Waals surface area contributed by atoms with Crippen LogP contribution in [0.1, 0.15) is 0 Å². The Morgan fingerprint density at radius 3 is 2.67 bits per heavy atom. The van der Waals surface area contributed by atoms with E-state index in [1.54, 1.807) is 6.20 Å². The van der Waals surface area contributed by atoms with Crippen LogP contribution in [0.5, 0.6) is 0 Å². The molecule has 0 spiro atoms. The van der Waals surface area contributed by atoms with E-state index in [2.05, 4.69) is 9.71 Å². The summed E-state index contributed by atoms with van der Waals surface area (Å²) in [7, 11) is 0. The lowest BCUT2D eigenvalue weighted by molar-refractivity contribution is 1.46. The van der Waals surface area contributed by atoms with Crippen molar-refractivity contribution in [2.75, 3.05) is 0 Å². The maximum atomic E-state index is 3.72. The Morgan fingerprint density at radius 2 is 2.50 bits per heavy atom. The summed E-state index contributed by atoms with van der Waals surface area (Å²) in [6.45, 7) is 0. The fourth-order valence-corrected chi connectivity index (χ4v) is 0.494. The average molecular weight is 99.1 g/mol. The van der Waals surface area contributed by atoms with Gasteiger partial charge in [-0.3, -0.25) is 0 Å². The molecule has 1 radical (unpaired) electrons. The number of hydrogen-bond acceptors (Lipinski definition) is 2. The minimum atomic E-state index is 1.39. The Hall–Kier alpha value is -0.440. The maximum Gasteiger partial charge on any atom is 0.124 e. The molecule has 0 fully saturated rings. The smallest absolute Gasteiger partial charge is 0.124 e. The minimum Gasteiger partial charge on any atom is -0.244 e. The molecule has 0 atom stereocenters. The summed E-state index contributed by atoms with van der Waals surface area (Å²) in [6, 6.07) is 0. The monoisotopic (exact) mass is 99.0 g/mol. The van der Waals surface area contributed by atoms with Gasteiger partial charge in [0.25, 0.3) is 0 Å². The van der Waals surface area contributed by atoms with Crippen molar-refractivity contribution in [3.05, 3.63) is 11.6 Å². The van der Waals surface area contributed by atoms with E-state index in [0.29, 0.717) is 0 Å². The van der Waals surface area contributed by atoms with E-state index >= 15 is 0 Å². The van der Waals surface area contributed by atoms with Gasteiger partial charge in [0.15, 0.2) is 0 Å². The Balaban J connectivity index is 2.46. The molecule has 0 bridgehead atoms. The molecule has 0 saturated heterocycles. The van der Waals surface area contributed by atoms with E-state index in [1.807, 2.05) is 5.41 Å². The third-order valence-electron chi connectivity index (χ3n) is 0.382. The van der Waals surface area contributed by atoms with Gasteiger partial charge in [-0.05, 0) is 0 Å². The lowest BCUT2D eigenvalue weighted by Crippen LogP contribution is -1.87. The van der Waals surface area contributed by atoms with Gasteiger partial charge in [0.05, 0.1) is 0 Å². The third kappa shape index (κ3) is 0.755. The molecular formula is C3H3N2S. The second-order valence-corrected chi connectivity index (χ2v) is 1.45. The first-order valence-corrected chi connectivity index (χ1v) is 2.36. The van der Waals surface area contributed by atoms with E-state index in [4.69, 9.17) is 0 Å². The molecule has 3 heteroatoms. The molecule has 1 aliphatic rings. The van der Waals surface area contributed by atoms with Crippen LogP contribution in [0.25, 0.3) is 0 Å². The van der Waals surface area contributed by atoms with Crippen LogP contribution < -0.4 is 4.72 Å². The van der Waals surface area contributed by atoms with Crippen molar-refractivity contribution < 1.29 is 0 Å². The highest BCUT2D eigenvalue weighted by Gasteiger charge is 1.78. The maximum absolute atomic E-state index is 3.72. The van der Waals surface area contributed by atoms with E-state index in [9.17, 15) is 0 Å². The molecule has 0 aromatic heterocycles. The standard InChI is InChI=1S/C3H3N2S/c1-2-6-5-3-4-1/h1-3H. The van der Waals surface area contributed by atoms with Gasteiger partial charge in [-0.2, -0.15) is 0 Å². The molecule has 2 nitrogen and oxygen atoms in total. The van der Waals surface area contributed by atoms with Crippen LogP contribution >= 0.6 is 11.9 Å². The molecule has 0 aliphatic carbocycles. The summed E-state index contributed by atoms with van der Waals surface area (Å²) >= 11 is 1.39. The normalized spacial score (nSPS) is 17.3. The largest absolute Gasteiger partial charge is 0.244 e. The second-order valence-electron chi connectivity index (χ2n) is 0.761. The topological polar surface area (TPSA) is 26.5 Å². The van der Waals surface area contributed by atoms with Gasteiger partial charge in [-0.25, -0.2) is 9.71 Å². The van der Waals surface area contributed by atoms with Crippen LogP contribution in [0, 0.1) is 0 Å². The van der Waals surface area contributed by atoms with Crippen molar-refractivity contribution >= 4 is 18.3 Å². The van der Waals surface area contributed by atoms with Crippen molar-refractivity contribution in [2.45, 2.75) is 0 Å². The summed E-state index contributed by atoms with van der Waals surface area (Å²) in [5.74, 6) is 0. The molecule has 1 rings (SSSR count). The Morgan fingerprint density at radius 1 is 1.50 bits per heavy atom. The van der Waals surface area contributed by atoms with Crippen LogP contribution in [0.4, 0.5) is 0 Å². The van der Waals surface area contributed by atoms with Gasteiger partial charge in [-0.1, -0.05) is 0 Å². The number of hydrogen-bond donors (Lipinski definition) is 0.